The number of anilines is 3. The lowest BCUT2D eigenvalue weighted by atomic mass is 9.84. The van der Waals surface area contributed by atoms with Crippen LogP contribution in [-0.4, -0.2) is 90.6 Å². The molecule has 229 valence electrons. The van der Waals surface area contributed by atoms with Crippen molar-refractivity contribution in [2.45, 2.75) is 38.5 Å². The van der Waals surface area contributed by atoms with Gasteiger partial charge in [-0.15, -0.1) is 0 Å². The lowest BCUT2D eigenvalue weighted by molar-refractivity contribution is 0.0731. The number of benzene rings is 2. The minimum Gasteiger partial charge on any atom is -0.495 e. The van der Waals surface area contributed by atoms with E-state index in [0.717, 1.165) is 36.0 Å². The summed E-state index contributed by atoms with van der Waals surface area (Å²) in [5, 5.41) is 23.5. The van der Waals surface area contributed by atoms with Crippen molar-refractivity contribution in [3.8, 4) is 23.1 Å². The van der Waals surface area contributed by atoms with Crippen molar-refractivity contribution in [3.63, 3.8) is 0 Å². The first-order chi connectivity index (χ1) is 21.5. The third kappa shape index (κ3) is 5.63. The number of carbonyl (C=O) groups is 2. The van der Waals surface area contributed by atoms with Gasteiger partial charge >= 0.3 is 14.5 Å². The minimum absolute atomic E-state index is 0.0284. The number of aromatic nitrogens is 2. The Balaban J connectivity index is 1.27. The normalized spacial score (nSPS) is 19.9. The van der Waals surface area contributed by atoms with E-state index in [1.54, 1.807) is 37.3 Å². The Morgan fingerprint density at radius 3 is 2.82 bits per heavy atom. The summed E-state index contributed by atoms with van der Waals surface area (Å²) in [6.45, 7) is 8.52. The molecular weight excluding hydrogens is 591 g/mol. The Kier molecular flexibility index (Phi) is 8.24. The molecule has 1 aromatic heterocycles. The second-order valence-corrected chi connectivity index (χ2v) is 12.9. The van der Waals surface area contributed by atoms with E-state index >= 15 is 0 Å². The number of nitrogens with zero attached hydrogens (tertiary/aromatic N) is 6. The second kappa shape index (κ2) is 12.0. The molecule has 14 heteroatoms. The summed E-state index contributed by atoms with van der Waals surface area (Å²) in [6.07, 6.45) is 3.24. The predicted octanol–water partition coefficient (Wildman–Crippen LogP) is 3.58. The maximum absolute atomic E-state index is 13.7. The number of hydrogen-bond acceptors (Lipinski definition) is 10. The number of ether oxygens (including phenoxy) is 1. The standard InChI is InChI=1S/C31H33B2ClN7O4/c1-31(2)16-41(32-17-42)28-20(13-35)9-19(10-22(28)31)24-5-7-36-30(37-24)38-25-12-23(34)21(11-27(25)45-4)29(43)40-8-6-18-14-39(33(3)44)15-26(18)40/h5,7,9-12,17-18,26,44H,6,8,14-16H2,1-4H3,(H,36,37,38). The molecular formula is C31H33B2ClN7O4. The molecule has 0 saturated carbocycles. The van der Waals surface area contributed by atoms with E-state index in [9.17, 15) is 19.9 Å². The molecule has 2 aromatic carbocycles. The largest absolute Gasteiger partial charge is 0.495 e. The fourth-order valence-electron chi connectivity index (χ4n) is 6.87. The van der Waals surface area contributed by atoms with Crippen molar-refractivity contribution in [2.24, 2.45) is 5.92 Å². The molecule has 0 aliphatic carbocycles. The highest BCUT2D eigenvalue weighted by molar-refractivity contribution is 6.70. The van der Waals surface area contributed by atoms with Crippen LogP contribution < -0.4 is 14.9 Å². The summed E-state index contributed by atoms with van der Waals surface area (Å²) < 4.78 is 5.65. The fourth-order valence-corrected chi connectivity index (χ4v) is 7.12. The summed E-state index contributed by atoms with van der Waals surface area (Å²) in [7, 11) is 2.42. The predicted molar refractivity (Wildman–Crippen MR) is 175 cm³/mol. The summed E-state index contributed by atoms with van der Waals surface area (Å²) in [4.78, 5) is 39.7. The quantitative estimate of drug-likeness (QED) is 0.283. The van der Waals surface area contributed by atoms with Crippen molar-refractivity contribution < 1.29 is 19.3 Å². The average molecular weight is 625 g/mol. The van der Waals surface area contributed by atoms with Crippen molar-refractivity contribution >= 4 is 55.5 Å². The molecule has 45 heavy (non-hydrogen) atoms. The van der Waals surface area contributed by atoms with Gasteiger partial charge in [0.05, 0.1) is 34.6 Å². The van der Waals surface area contributed by atoms with Gasteiger partial charge in [0.2, 0.25) is 5.95 Å². The molecule has 2 N–H and O–H groups in total. The molecule has 0 bridgehead atoms. The van der Waals surface area contributed by atoms with E-state index in [1.807, 2.05) is 20.6 Å². The Labute approximate surface area is 268 Å². The van der Waals surface area contributed by atoms with Crippen LogP contribution in [0.4, 0.5) is 17.3 Å². The topological polar surface area (TPSA) is 135 Å². The average Bonchev–Trinajstić information content (AvgIpc) is 3.68. The van der Waals surface area contributed by atoms with Gasteiger partial charge in [-0.1, -0.05) is 25.4 Å². The van der Waals surface area contributed by atoms with Crippen LogP contribution in [0.15, 0.2) is 36.5 Å². The number of likely N-dealkylation sites (tertiary alicyclic amines) is 1. The van der Waals surface area contributed by atoms with Gasteiger partial charge in [-0.2, -0.15) is 5.26 Å². The van der Waals surface area contributed by atoms with Gasteiger partial charge in [-0.05, 0) is 61.6 Å². The molecule has 3 aliphatic heterocycles. The van der Waals surface area contributed by atoms with Gasteiger partial charge in [0, 0.05) is 48.5 Å². The molecule has 1 amide bonds. The zero-order valence-corrected chi connectivity index (χ0v) is 26.4. The summed E-state index contributed by atoms with van der Waals surface area (Å²) in [5.74, 6) is 0.841. The van der Waals surface area contributed by atoms with Crippen LogP contribution in [0, 0.1) is 17.2 Å². The smallest absolute Gasteiger partial charge is 0.376 e. The summed E-state index contributed by atoms with van der Waals surface area (Å²) in [5.41, 5.74) is 4.03. The lowest BCUT2D eigenvalue weighted by Crippen LogP contribution is -2.42. The molecule has 2 fully saturated rings. The van der Waals surface area contributed by atoms with Crippen molar-refractivity contribution in [3.05, 3.63) is 58.2 Å². The van der Waals surface area contributed by atoms with E-state index in [1.165, 1.54) is 14.5 Å². The summed E-state index contributed by atoms with van der Waals surface area (Å²) in [6, 6.07) is 11.1. The van der Waals surface area contributed by atoms with E-state index in [4.69, 9.17) is 21.3 Å². The highest BCUT2D eigenvalue weighted by Gasteiger charge is 2.45. The Hall–Kier alpha value is -4.11. The second-order valence-electron chi connectivity index (χ2n) is 12.5. The van der Waals surface area contributed by atoms with Crippen LogP contribution in [0.1, 0.15) is 41.8 Å². The maximum Gasteiger partial charge on any atom is 0.376 e. The first-order valence-electron chi connectivity index (χ1n) is 14.9. The number of rotatable bonds is 8. The molecule has 6 rings (SSSR count). The van der Waals surface area contributed by atoms with E-state index in [0.29, 0.717) is 53.8 Å². The Bertz CT molecular complexity index is 1720. The van der Waals surface area contributed by atoms with Crippen LogP contribution in [0.2, 0.25) is 11.8 Å². The molecule has 2 atom stereocenters. The Morgan fingerprint density at radius 2 is 2.11 bits per heavy atom. The molecule has 3 aromatic rings. The zero-order valence-electron chi connectivity index (χ0n) is 25.6. The van der Waals surface area contributed by atoms with Crippen LogP contribution in [0.5, 0.6) is 5.75 Å². The number of carbonyl (C=O) groups excluding carboxylic acids is 2. The highest BCUT2D eigenvalue weighted by Crippen LogP contribution is 2.44. The van der Waals surface area contributed by atoms with Crippen LogP contribution in [0.3, 0.4) is 0 Å². The van der Waals surface area contributed by atoms with E-state index in [-0.39, 0.29) is 28.3 Å². The number of hydrogen-bond donors (Lipinski definition) is 2. The molecule has 2 unspecified atom stereocenters. The van der Waals surface area contributed by atoms with Gasteiger partial charge in [-0.3, -0.25) is 4.79 Å². The molecule has 3 aliphatic rings. The summed E-state index contributed by atoms with van der Waals surface area (Å²) >= 11 is 6.70. The number of amides is 1. The molecule has 0 spiro atoms. The third-order valence-electron chi connectivity index (χ3n) is 9.14. The van der Waals surface area contributed by atoms with E-state index < -0.39 is 7.05 Å². The van der Waals surface area contributed by atoms with E-state index in [2.05, 4.69) is 30.2 Å². The molecule has 11 nitrogen and oxygen atoms in total. The van der Waals surface area contributed by atoms with Gasteiger partial charge in [-0.25, -0.2) is 9.97 Å². The first-order valence-corrected chi connectivity index (χ1v) is 15.3. The van der Waals surface area contributed by atoms with Gasteiger partial charge < -0.3 is 34.4 Å². The number of fused-ring (bicyclic) bond motifs is 2. The highest BCUT2D eigenvalue weighted by atomic mass is 35.5. The van der Waals surface area contributed by atoms with Crippen molar-refractivity contribution in [1.82, 2.24) is 19.7 Å². The first kappa shape index (κ1) is 30.9. The molecule has 2 saturated heterocycles. The maximum atomic E-state index is 13.7. The minimum atomic E-state index is -0.553. The van der Waals surface area contributed by atoms with Crippen LogP contribution in [0.25, 0.3) is 11.3 Å². The van der Waals surface area contributed by atoms with Gasteiger partial charge in [0.25, 0.3) is 5.91 Å². The third-order valence-corrected chi connectivity index (χ3v) is 9.45. The number of nitrogens with one attached hydrogen (secondary N) is 1. The van der Waals surface area contributed by atoms with Crippen LogP contribution in [-0.2, 0) is 10.2 Å². The fraction of sp³-hybridized carbons (Fsp3) is 0.387. The van der Waals surface area contributed by atoms with Gasteiger partial charge in [0.15, 0.2) is 0 Å². The lowest BCUT2D eigenvalue weighted by Gasteiger charge is -2.26. The van der Waals surface area contributed by atoms with Crippen LogP contribution >= 0.6 is 11.6 Å². The number of halogens is 1. The zero-order chi connectivity index (χ0) is 32.0. The van der Waals surface area contributed by atoms with Crippen molar-refractivity contribution in [1.29, 1.82) is 5.26 Å². The van der Waals surface area contributed by atoms with Crippen molar-refractivity contribution in [2.75, 3.05) is 43.4 Å². The Morgan fingerprint density at radius 1 is 1.31 bits per heavy atom. The molecule has 4 heterocycles. The molecule has 1 radical (unpaired) electrons. The number of nitriles is 1. The monoisotopic (exact) mass is 624 g/mol. The van der Waals surface area contributed by atoms with Gasteiger partial charge in [0.1, 0.15) is 18.0 Å². The SMILES string of the molecule is COc1cc(C(=O)N2CCC3CN(B(C)O)CC32)c(Cl)cc1Nc1nccc(-c2cc(C#N)c3c(c2)C(C)(C)CN3[B]C=O)n1. The number of methoxy groups -OCH3 is 1.